The number of aromatic carboxylic acids is 1. The van der Waals surface area contributed by atoms with Crippen LogP contribution in [-0.4, -0.2) is 24.7 Å². The number of nitrogens with zero attached hydrogens (tertiary/aromatic N) is 1. The summed E-state index contributed by atoms with van der Waals surface area (Å²) in [4.78, 5) is 12.9. The summed E-state index contributed by atoms with van der Waals surface area (Å²) in [6.45, 7) is 0.955. The average molecular weight is 256 g/mol. The third-order valence-electron chi connectivity index (χ3n) is 2.49. The van der Waals surface area contributed by atoms with Crippen LogP contribution in [0.15, 0.2) is 16.6 Å². The highest BCUT2D eigenvalue weighted by atomic mass is 79.9. The highest BCUT2D eigenvalue weighted by Crippen LogP contribution is 2.35. The lowest BCUT2D eigenvalue weighted by molar-refractivity contribution is 0.0696. The minimum Gasteiger partial charge on any atom is -0.478 e. The van der Waals surface area contributed by atoms with Gasteiger partial charge in [0.1, 0.15) is 0 Å². The SMILES string of the molecule is CN1CCc2cc(C(=O)O)cc(Br)c21. The molecule has 1 aromatic carbocycles. The van der Waals surface area contributed by atoms with Gasteiger partial charge < -0.3 is 10.0 Å². The number of fused-ring (bicyclic) bond motifs is 1. The molecule has 1 aromatic rings. The Morgan fingerprint density at radius 3 is 2.93 bits per heavy atom. The van der Waals surface area contributed by atoms with Gasteiger partial charge in [-0.15, -0.1) is 0 Å². The summed E-state index contributed by atoms with van der Waals surface area (Å²) in [5.41, 5.74) is 2.58. The van der Waals surface area contributed by atoms with Crippen LogP contribution >= 0.6 is 15.9 Å². The van der Waals surface area contributed by atoms with Crippen LogP contribution in [0.5, 0.6) is 0 Å². The van der Waals surface area contributed by atoms with Crippen molar-refractivity contribution in [2.24, 2.45) is 0 Å². The Hall–Kier alpha value is -1.03. The van der Waals surface area contributed by atoms with Crippen LogP contribution in [0.4, 0.5) is 5.69 Å². The fourth-order valence-corrected chi connectivity index (χ4v) is 2.60. The van der Waals surface area contributed by atoms with Crippen LogP contribution in [0.25, 0.3) is 0 Å². The molecule has 2 rings (SSSR count). The standard InChI is InChI=1S/C10H10BrNO2/c1-12-3-2-6-4-7(10(13)14)5-8(11)9(6)12/h4-5H,2-3H2,1H3,(H,13,14). The monoisotopic (exact) mass is 255 g/mol. The summed E-state index contributed by atoms with van der Waals surface area (Å²) in [6.07, 6.45) is 0.922. The Kier molecular flexibility index (Phi) is 2.23. The number of likely N-dealkylation sites (N-methyl/N-ethyl adjacent to an activating group) is 1. The second-order valence-corrected chi connectivity index (χ2v) is 4.30. The maximum absolute atomic E-state index is 10.8. The summed E-state index contributed by atoms with van der Waals surface area (Å²) in [5, 5.41) is 8.87. The van der Waals surface area contributed by atoms with Gasteiger partial charge in [0.15, 0.2) is 0 Å². The number of halogens is 1. The van der Waals surface area contributed by atoms with Crippen molar-refractivity contribution in [3.63, 3.8) is 0 Å². The van der Waals surface area contributed by atoms with Crippen LogP contribution < -0.4 is 4.90 Å². The third kappa shape index (κ3) is 1.39. The van der Waals surface area contributed by atoms with E-state index in [1.54, 1.807) is 12.1 Å². The van der Waals surface area contributed by atoms with Crippen molar-refractivity contribution in [1.29, 1.82) is 0 Å². The predicted octanol–water partition coefficient (Wildman–Crippen LogP) is 2.14. The topological polar surface area (TPSA) is 40.5 Å². The fraction of sp³-hybridized carbons (Fsp3) is 0.300. The van der Waals surface area contributed by atoms with Gasteiger partial charge >= 0.3 is 5.97 Å². The van der Waals surface area contributed by atoms with Gasteiger partial charge in [0.25, 0.3) is 0 Å². The number of carbonyl (C=O) groups is 1. The zero-order chi connectivity index (χ0) is 10.3. The van der Waals surface area contributed by atoms with Gasteiger partial charge in [0.2, 0.25) is 0 Å². The molecule has 1 heterocycles. The average Bonchev–Trinajstić information content (AvgIpc) is 2.48. The highest BCUT2D eigenvalue weighted by Gasteiger charge is 2.20. The molecule has 0 fully saturated rings. The Labute approximate surface area is 90.5 Å². The normalized spacial score (nSPS) is 14.3. The molecule has 1 N–H and O–H groups in total. The first-order valence-corrected chi connectivity index (χ1v) is 5.16. The summed E-state index contributed by atoms with van der Waals surface area (Å²) in [6, 6.07) is 3.41. The number of hydrogen-bond donors (Lipinski definition) is 1. The molecule has 0 saturated carbocycles. The van der Waals surface area contributed by atoms with E-state index in [4.69, 9.17) is 5.11 Å². The zero-order valence-electron chi connectivity index (χ0n) is 7.75. The molecule has 0 aromatic heterocycles. The number of carboxylic acid groups (broad SMARTS) is 1. The van der Waals surface area contributed by atoms with Crippen LogP contribution in [0.2, 0.25) is 0 Å². The van der Waals surface area contributed by atoms with Crippen LogP contribution in [0.3, 0.4) is 0 Å². The van der Waals surface area contributed by atoms with Gasteiger partial charge in [-0.1, -0.05) is 0 Å². The number of rotatable bonds is 1. The molecule has 3 nitrogen and oxygen atoms in total. The molecule has 0 radical (unpaired) electrons. The minimum atomic E-state index is -0.872. The van der Waals surface area contributed by atoms with Crippen molar-refractivity contribution >= 4 is 27.6 Å². The van der Waals surface area contributed by atoms with Gasteiger partial charge in [-0.05, 0) is 40.0 Å². The molecular weight excluding hydrogens is 246 g/mol. The first-order valence-electron chi connectivity index (χ1n) is 4.36. The molecule has 14 heavy (non-hydrogen) atoms. The van der Waals surface area contributed by atoms with Gasteiger partial charge in [0, 0.05) is 18.1 Å². The number of carboxylic acids is 1. The van der Waals surface area contributed by atoms with Gasteiger partial charge in [-0.25, -0.2) is 4.79 Å². The second kappa shape index (κ2) is 3.28. The molecule has 0 unspecified atom stereocenters. The van der Waals surface area contributed by atoms with E-state index < -0.39 is 5.97 Å². The Bertz CT molecular complexity index is 403. The molecule has 1 aliphatic heterocycles. The smallest absolute Gasteiger partial charge is 0.335 e. The molecule has 0 saturated heterocycles. The summed E-state index contributed by atoms with van der Waals surface area (Å²) in [7, 11) is 2.01. The first-order chi connectivity index (χ1) is 6.59. The molecule has 0 aliphatic carbocycles. The van der Waals surface area contributed by atoms with E-state index in [0.29, 0.717) is 5.56 Å². The van der Waals surface area contributed by atoms with E-state index in [-0.39, 0.29) is 0 Å². The lowest BCUT2D eigenvalue weighted by Crippen LogP contribution is -2.13. The molecule has 0 amide bonds. The maximum Gasteiger partial charge on any atom is 0.335 e. The van der Waals surface area contributed by atoms with Crippen LogP contribution in [0.1, 0.15) is 15.9 Å². The Morgan fingerprint density at radius 2 is 2.29 bits per heavy atom. The molecule has 0 bridgehead atoms. The molecule has 1 aliphatic rings. The largest absolute Gasteiger partial charge is 0.478 e. The lowest BCUT2D eigenvalue weighted by atomic mass is 10.1. The van der Waals surface area contributed by atoms with Crippen LogP contribution in [0, 0.1) is 0 Å². The number of anilines is 1. The first kappa shape index (κ1) is 9.52. The fourth-order valence-electron chi connectivity index (χ4n) is 1.80. The van der Waals surface area contributed by atoms with Gasteiger partial charge in [-0.2, -0.15) is 0 Å². The van der Waals surface area contributed by atoms with Crippen molar-refractivity contribution < 1.29 is 9.90 Å². The van der Waals surface area contributed by atoms with Crippen molar-refractivity contribution in [3.05, 3.63) is 27.7 Å². The quantitative estimate of drug-likeness (QED) is 0.836. The van der Waals surface area contributed by atoms with Crippen molar-refractivity contribution in [1.82, 2.24) is 0 Å². The van der Waals surface area contributed by atoms with E-state index in [1.807, 2.05) is 7.05 Å². The zero-order valence-corrected chi connectivity index (χ0v) is 9.34. The highest BCUT2D eigenvalue weighted by molar-refractivity contribution is 9.10. The summed E-state index contributed by atoms with van der Waals surface area (Å²) in [5.74, 6) is -0.872. The van der Waals surface area contributed by atoms with E-state index >= 15 is 0 Å². The van der Waals surface area contributed by atoms with Crippen molar-refractivity contribution in [3.8, 4) is 0 Å². The molecular formula is C10H10BrNO2. The Balaban J connectivity index is 2.57. The van der Waals surface area contributed by atoms with E-state index in [1.165, 1.54) is 0 Å². The van der Waals surface area contributed by atoms with E-state index in [2.05, 4.69) is 20.8 Å². The van der Waals surface area contributed by atoms with Crippen molar-refractivity contribution in [2.45, 2.75) is 6.42 Å². The molecule has 0 spiro atoms. The molecule has 0 atom stereocenters. The van der Waals surface area contributed by atoms with Gasteiger partial charge in [0.05, 0.1) is 11.3 Å². The van der Waals surface area contributed by atoms with Crippen molar-refractivity contribution in [2.75, 3.05) is 18.5 Å². The van der Waals surface area contributed by atoms with E-state index in [0.717, 1.165) is 28.7 Å². The number of benzene rings is 1. The maximum atomic E-state index is 10.8. The summed E-state index contributed by atoms with van der Waals surface area (Å²) < 4.78 is 0.868. The van der Waals surface area contributed by atoms with E-state index in [9.17, 15) is 4.79 Å². The van der Waals surface area contributed by atoms with Crippen LogP contribution in [-0.2, 0) is 6.42 Å². The second-order valence-electron chi connectivity index (χ2n) is 3.44. The lowest BCUT2D eigenvalue weighted by Gasteiger charge is -2.14. The predicted molar refractivity (Wildman–Crippen MR) is 58.1 cm³/mol. The minimum absolute atomic E-state index is 0.353. The number of hydrogen-bond acceptors (Lipinski definition) is 2. The third-order valence-corrected chi connectivity index (χ3v) is 3.09. The molecule has 74 valence electrons. The molecule has 4 heteroatoms. The van der Waals surface area contributed by atoms with Gasteiger partial charge in [-0.3, -0.25) is 0 Å². The summed E-state index contributed by atoms with van der Waals surface area (Å²) >= 11 is 3.40. The Morgan fingerprint density at radius 1 is 1.57 bits per heavy atom.